The van der Waals surface area contributed by atoms with Gasteiger partial charge < -0.3 is 0 Å². The molecule has 20 heavy (non-hydrogen) atoms. The van der Waals surface area contributed by atoms with E-state index in [0.717, 1.165) is 32.7 Å². The van der Waals surface area contributed by atoms with Gasteiger partial charge in [0.15, 0.2) is 6.29 Å². The predicted octanol–water partition coefficient (Wildman–Crippen LogP) is 5.74. The van der Waals surface area contributed by atoms with Crippen LogP contribution in [-0.4, -0.2) is 6.29 Å². The summed E-state index contributed by atoms with van der Waals surface area (Å²) in [5.41, 5.74) is 2.48. The Bertz CT molecular complexity index is 811. The van der Waals surface area contributed by atoms with Crippen LogP contribution in [0.2, 0.25) is 5.02 Å². The van der Waals surface area contributed by atoms with Crippen LogP contribution in [-0.2, 0) is 0 Å². The van der Waals surface area contributed by atoms with Crippen molar-refractivity contribution in [2.75, 3.05) is 0 Å². The highest BCUT2D eigenvalue weighted by Gasteiger charge is 2.06. The normalized spacial score (nSPS) is 10.7. The lowest BCUT2D eigenvalue weighted by molar-refractivity contribution is 0.112. The average Bonchev–Trinajstić information content (AvgIpc) is 2.46. The standard InChI is InChI=1S/C17H10BrClO/c18-15-5-3-11-1-2-12(7-14(11)8-15)17-9-16(19)6-4-13(17)10-20/h1-10H. The Kier molecular flexibility index (Phi) is 3.60. The molecule has 0 radical (unpaired) electrons. The van der Waals surface area contributed by atoms with Crippen LogP contribution in [0.4, 0.5) is 0 Å². The maximum Gasteiger partial charge on any atom is 0.150 e. The summed E-state index contributed by atoms with van der Waals surface area (Å²) < 4.78 is 1.03. The topological polar surface area (TPSA) is 17.1 Å². The third kappa shape index (κ3) is 2.49. The minimum absolute atomic E-state index is 0.625. The fourth-order valence-electron chi connectivity index (χ4n) is 2.27. The van der Waals surface area contributed by atoms with Gasteiger partial charge in [-0.25, -0.2) is 0 Å². The number of aldehydes is 1. The van der Waals surface area contributed by atoms with Crippen molar-refractivity contribution in [1.29, 1.82) is 0 Å². The van der Waals surface area contributed by atoms with Crippen LogP contribution >= 0.6 is 27.5 Å². The van der Waals surface area contributed by atoms with Crippen molar-refractivity contribution in [2.24, 2.45) is 0 Å². The van der Waals surface area contributed by atoms with Crippen LogP contribution in [0.15, 0.2) is 59.1 Å². The van der Waals surface area contributed by atoms with E-state index in [-0.39, 0.29) is 0 Å². The Morgan fingerprint density at radius 2 is 1.70 bits per heavy atom. The first-order chi connectivity index (χ1) is 9.67. The van der Waals surface area contributed by atoms with Crippen molar-refractivity contribution in [1.82, 2.24) is 0 Å². The molecule has 0 aliphatic rings. The molecular weight excluding hydrogens is 336 g/mol. The van der Waals surface area contributed by atoms with Gasteiger partial charge in [0.25, 0.3) is 0 Å². The van der Waals surface area contributed by atoms with Crippen LogP contribution in [0.25, 0.3) is 21.9 Å². The second-order valence-corrected chi connectivity index (χ2v) is 5.91. The summed E-state index contributed by atoms with van der Waals surface area (Å²) in [5, 5.41) is 2.90. The second-order valence-electron chi connectivity index (χ2n) is 4.56. The maximum atomic E-state index is 11.2. The van der Waals surface area contributed by atoms with Gasteiger partial charge in [0, 0.05) is 15.1 Å². The Hall–Kier alpha value is -1.64. The third-order valence-electron chi connectivity index (χ3n) is 3.26. The molecule has 0 aromatic heterocycles. The summed E-state index contributed by atoms with van der Waals surface area (Å²) in [6.45, 7) is 0. The molecule has 0 saturated carbocycles. The first-order valence-corrected chi connectivity index (χ1v) is 7.29. The Balaban J connectivity index is 2.24. The van der Waals surface area contributed by atoms with Gasteiger partial charge in [-0.05, 0) is 58.3 Å². The highest BCUT2D eigenvalue weighted by molar-refractivity contribution is 9.10. The Morgan fingerprint density at radius 1 is 0.900 bits per heavy atom. The van der Waals surface area contributed by atoms with Gasteiger partial charge >= 0.3 is 0 Å². The van der Waals surface area contributed by atoms with Crippen molar-refractivity contribution >= 4 is 44.6 Å². The highest BCUT2D eigenvalue weighted by atomic mass is 79.9. The highest BCUT2D eigenvalue weighted by Crippen LogP contribution is 2.30. The molecular formula is C17H10BrClO. The Morgan fingerprint density at radius 3 is 2.50 bits per heavy atom. The SMILES string of the molecule is O=Cc1ccc(Cl)cc1-c1ccc2ccc(Br)cc2c1. The zero-order chi connectivity index (χ0) is 14.1. The number of hydrogen-bond acceptors (Lipinski definition) is 1. The van der Waals surface area contributed by atoms with Crippen LogP contribution in [0.3, 0.4) is 0 Å². The quantitative estimate of drug-likeness (QED) is 0.542. The summed E-state index contributed by atoms with van der Waals surface area (Å²) in [5.74, 6) is 0. The van der Waals surface area contributed by atoms with Crippen molar-refractivity contribution in [3.8, 4) is 11.1 Å². The van der Waals surface area contributed by atoms with Crippen LogP contribution in [0, 0.1) is 0 Å². The molecule has 0 heterocycles. The van der Waals surface area contributed by atoms with Gasteiger partial charge in [0.2, 0.25) is 0 Å². The molecule has 0 aliphatic heterocycles. The van der Waals surface area contributed by atoms with Gasteiger partial charge in [-0.15, -0.1) is 0 Å². The van der Waals surface area contributed by atoms with E-state index < -0.39 is 0 Å². The molecule has 1 nitrogen and oxygen atoms in total. The number of rotatable bonds is 2. The fraction of sp³-hybridized carbons (Fsp3) is 0. The van der Waals surface area contributed by atoms with Crippen LogP contribution in [0.1, 0.15) is 10.4 Å². The Labute approximate surface area is 130 Å². The van der Waals surface area contributed by atoms with Gasteiger partial charge in [-0.3, -0.25) is 4.79 Å². The lowest BCUT2D eigenvalue weighted by atomic mass is 9.98. The molecule has 0 bridgehead atoms. The number of benzene rings is 3. The van der Waals surface area contributed by atoms with E-state index in [4.69, 9.17) is 11.6 Å². The summed E-state index contributed by atoms with van der Waals surface area (Å²) in [6.07, 6.45) is 0.858. The summed E-state index contributed by atoms with van der Waals surface area (Å²) in [4.78, 5) is 11.2. The van der Waals surface area contributed by atoms with E-state index in [1.807, 2.05) is 24.3 Å². The zero-order valence-corrected chi connectivity index (χ0v) is 12.8. The molecule has 0 amide bonds. The molecule has 0 atom stereocenters. The zero-order valence-electron chi connectivity index (χ0n) is 10.4. The maximum absolute atomic E-state index is 11.2. The number of hydrogen-bond donors (Lipinski definition) is 0. The molecule has 0 saturated heterocycles. The number of halogens is 2. The number of fused-ring (bicyclic) bond motifs is 1. The average molecular weight is 346 g/mol. The van der Waals surface area contributed by atoms with Gasteiger partial charge in [0.05, 0.1) is 0 Å². The summed E-state index contributed by atoms with van der Waals surface area (Å²) >= 11 is 9.52. The molecule has 3 aromatic carbocycles. The molecule has 0 aliphatic carbocycles. The largest absolute Gasteiger partial charge is 0.298 e. The first kappa shape index (κ1) is 13.3. The lowest BCUT2D eigenvalue weighted by Crippen LogP contribution is -1.88. The van der Waals surface area contributed by atoms with Gasteiger partial charge in [-0.1, -0.05) is 45.7 Å². The molecule has 0 N–H and O–H groups in total. The number of carbonyl (C=O) groups is 1. The van der Waals surface area contributed by atoms with Crippen LogP contribution in [0.5, 0.6) is 0 Å². The van der Waals surface area contributed by atoms with Gasteiger partial charge in [-0.2, -0.15) is 0 Å². The van der Waals surface area contributed by atoms with Crippen LogP contribution < -0.4 is 0 Å². The van der Waals surface area contributed by atoms with Crippen molar-refractivity contribution < 1.29 is 4.79 Å². The molecule has 0 unspecified atom stereocenters. The third-order valence-corrected chi connectivity index (χ3v) is 3.98. The van der Waals surface area contributed by atoms with E-state index in [9.17, 15) is 4.79 Å². The molecule has 3 rings (SSSR count). The first-order valence-electron chi connectivity index (χ1n) is 6.12. The smallest absolute Gasteiger partial charge is 0.150 e. The van der Waals surface area contributed by atoms with E-state index in [2.05, 4.69) is 34.1 Å². The number of carbonyl (C=O) groups excluding carboxylic acids is 1. The van der Waals surface area contributed by atoms with Crippen molar-refractivity contribution in [3.05, 3.63) is 69.7 Å². The van der Waals surface area contributed by atoms with E-state index in [0.29, 0.717) is 10.6 Å². The van der Waals surface area contributed by atoms with Crippen molar-refractivity contribution in [3.63, 3.8) is 0 Å². The molecule has 98 valence electrons. The van der Waals surface area contributed by atoms with E-state index in [1.165, 1.54) is 0 Å². The lowest BCUT2D eigenvalue weighted by Gasteiger charge is -2.08. The minimum atomic E-state index is 0.625. The predicted molar refractivity (Wildman–Crippen MR) is 87.5 cm³/mol. The van der Waals surface area contributed by atoms with Gasteiger partial charge in [0.1, 0.15) is 0 Å². The summed E-state index contributed by atoms with van der Waals surface area (Å²) in [7, 11) is 0. The van der Waals surface area contributed by atoms with E-state index in [1.54, 1.807) is 12.1 Å². The molecule has 0 spiro atoms. The summed E-state index contributed by atoms with van der Waals surface area (Å²) in [6, 6.07) is 17.6. The monoisotopic (exact) mass is 344 g/mol. The molecule has 3 aromatic rings. The fourth-order valence-corrected chi connectivity index (χ4v) is 2.82. The molecule has 3 heteroatoms. The van der Waals surface area contributed by atoms with E-state index >= 15 is 0 Å². The minimum Gasteiger partial charge on any atom is -0.298 e. The molecule has 0 fully saturated rings. The van der Waals surface area contributed by atoms with Crippen molar-refractivity contribution in [2.45, 2.75) is 0 Å². The second kappa shape index (κ2) is 5.39.